The van der Waals surface area contributed by atoms with Crippen molar-refractivity contribution in [2.45, 2.75) is 63.6 Å². The molecule has 2 saturated heterocycles. The van der Waals surface area contributed by atoms with Crippen molar-refractivity contribution < 1.29 is 28.4 Å². The van der Waals surface area contributed by atoms with Crippen LogP contribution in [-0.2, 0) is 18.9 Å². The highest BCUT2D eigenvalue weighted by molar-refractivity contribution is 5.68. The minimum atomic E-state index is 0.296. The van der Waals surface area contributed by atoms with E-state index in [0.717, 1.165) is 50.4 Å². The third-order valence-corrected chi connectivity index (χ3v) is 7.68. The summed E-state index contributed by atoms with van der Waals surface area (Å²) in [6.45, 7) is 9.81. The van der Waals surface area contributed by atoms with Gasteiger partial charge in [0.25, 0.3) is 0 Å². The standard InChI is InChI=1S/C32H42O6/c1-3-23(2)31-18-27(10-13-32(31)36-17-15-34-20-30-22-38-30)26-6-4-24(5-7-26)25-8-11-28(12-9-25)35-16-14-33-19-29-21-37-29/h6,8-13,18,23-24,29-30H,3-5,7,14-17,19-22H2,1-2H3. The highest BCUT2D eigenvalue weighted by atomic mass is 16.6. The first-order valence-electron chi connectivity index (χ1n) is 14.3. The first-order chi connectivity index (χ1) is 18.7. The highest BCUT2D eigenvalue weighted by Gasteiger charge is 2.23. The Kier molecular flexibility index (Phi) is 9.74. The fourth-order valence-electron chi connectivity index (χ4n) is 4.91. The van der Waals surface area contributed by atoms with Crippen LogP contribution in [0.5, 0.6) is 11.5 Å². The smallest absolute Gasteiger partial charge is 0.122 e. The van der Waals surface area contributed by atoms with Crippen LogP contribution in [0.2, 0.25) is 0 Å². The Morgan fingerprint density at radius 1 is 0.868 bits per heavy atom. The van der Waals surface area contributed by atoms with Gasteiger partial charge in [0, 0.05) is 0 Å². The Hall–Kier alpha value is -2.38. The topological polar surface area (TPSA) is 62.0 Å². The first kappa shape index (κ1) is 27.2. The summed E-state index contributed by atoms with van der Waals surface area (Å²) in [6.07, 6.45) is 7.42. The molecule has 2 aromatic carbocycles. The van der Waals surface area contributed by atoms with E-state index in [1.54, 1.807) is 0 Å². The summed E-state index contributed by atoms with van der Waals surface area (Å²) in [5, 5.41) is 0. The normalized spacial score (nSPS) is 23.0. The Labute approximate surface area is 227 Å². The third kappa shape index (κ3) is 8.06. The Bertz CT molecular complexity index is 1040. The first-order valence-corrected chi connectivity index (χ1v) is 14.3. The van der Waals surface area contributed by atoms with E-state index in [4.69, 9.17) is 28.4 Å². The van der Waals surface area contributed by atoms with Gasteiger partial charge in [-0.3, -0.25) is 0 Å². The highest BCUT2D eigenvalue weighted by Crippen LogP contribution is 2.39. The Balaban J connectivity index is 1.12. The van der Waals surface area contributed by atoms with Gasteiger partial charge in [0.15, 0.2) is 0 Å². The molecule has 6 heteroatoms. The average molecular weight is 523 g/mol. The molecule has 1 aliphatic carbocycles. The van der Waals surface area contributed by atoms with Crippen molar-refractivity contribution in [3.8, 4) is 11.5 Å². The summed E-state index contributed by atoms with van der Waals surface area (Å²) in [7, 11) is 0. The van der Waals surface area contributed by atoms with Crippen molar-refractivity contribution >= 4 is 5.57 Å². The molecule has 2 heterocycles. The number of allylic oxidation sites excluding steroid dienone is 2. The zero-order valence-electron chi connectivity index (χ0n) is 22.9. The zero-order chi connectivity index (χ0) is 26.2. The number of rotatable bonds is 16. The fourth-order valence-corrected chi connectivity index (χ4v) is 4.91. The molecule has 3 aliphatic rings. The molecule has 2 aromatic rings. The van der Waals surface area contributed by atoms with Crippen LogP contribution in [-0.4, -0.2) is 65.1 Å². The largest absolute Gasteiger partial charge is 0.491 e. The summed E-state index contributed by atoms with van der Waals surface area (Å²) >= 11 is 0. The van der Waals surface area contributed by atoms with Crippen molar-refractivity contribution in [3.05, 3.63) is 65.2 Å². The number of ether oxygens (including phenoxy) is 6. The second-order valence-electron chi connectivity index (χ2n) is 10.6. The molecule has 38 heavy (non-hydrogen) atoms. The molecule has 0 aromatic heterocycles. The van der Waals surface area contributed by atoms with Crippen LogP contribution in [0.1, 0.15) is 68.1 Å². The second-order valence-corrected chi connectivity index (χ2v) is 10.6. The molecule has 6 nitrogen and oxygen atoms in total. The summed E-state index contributed by atoms with van der Waals surface area (Å²) in [4.78, 5) is 0. The summed E-state index contributed by atoms with van der Waals surface area (Å²) in [5.74, 6) is 2.87. The third-order valence-electron chi connectivity index (χ3n) is 7.68. The van der Waals surface area contributed by atoms with Gasteiger partial charge in [-0.1, -0.05) is 38.1 Å². The molecule has 2 aliphatic heterocycles. The minimum absolute atomic E-state index is 0.296. The van der Waals surface area contributed by atoms with Crippen LogP contribution in [0, 0.1) is 0 Å². The molecule has 0 N–H and O–H groups in total. The summed E-state index contributed by atoms with van der Waals surface area (Å²) in [5.41, 5.74) is 5.45. The maximum Gasteiger partial charge on any atom is 0.122 e. The second kappa shape index (κ2) is 13.6. The van der Waals surface area contributed by atoms with Gasteiger partial charge in [-0.2, -0.15) is 0 Å². The van der Waals surface area contributed by atoms with Crippen LogP contribution in [0.3, 0.4) is 0 Å². The van der Waals surface area contributed by atoms with Crippen LogP contribution < -0.4 is 9.47 Å². The Morgan fingerprint density at radius 3 is 2.16 bits per heavy atom. The molecular weight excluding hydrogens is 480 g/mol. The van der Waals surface area contributed by atoms with E-state index < -0.39 is 0 Å². The molecular formula is C32H42O6. The molecule has 0 bridgehead atoms. The number of benzene rings is 2. The van der Waals surface area contributed by atoms with E-state index in [-0.39, 0.29) is 0 Å². The van der Waals surface area contributed by atoms with Gasteiger partial charge < -0.3 is 28.4 Å². The van der Waals surface area contributed by atoms with Gasteiger partial charge in [-0.05, 0) is 84.0 Å². The molecule has 4 unspecified atom stereocenters. The maximum absolute atomic E-state index is 6.13. The molecule has 4 atom stereocenters. The number of epoxide rings is 2. The lowest BCUT2D eigenvalue weighted by Gasteiger charge is -2.24. The summed E-state index contributed by atoms with van der Waals surface area (Å²) < 4.78 is 33.5. The SMILES string of the molecule is CCC(C)c1cc(C2=CCC(c3ccc(OCCOCC4CO4)cc3)CC2)ccc1OCCOCC1CO1. The lowest BCUT2D eigenvalue weighted by molar-refractivity contribution is 0.0874. The van der Waals surface area contributed by atoms with Crippen molar-refractivity contribution in [1.29, 1.82) is 0 Å². The lowest BCUT2D eigenvalue weighted by Crippen LogP contribution is -2.11. The molecule has 0 radical (unpaired) electrons. The van der Waals surface area contributed by atoms with E-state index in [1.165, 1.54) is 22.3 Å². The number of hydrogen-bond acceptors (Lipinski definition) is 6. The molecule has 0 spiro atoms. The molecule has 5 rings (SSSR count). The quantitative estimate of drug-likeness (QED) is 0.195. The van der Waals surface area contributed by atoms with E-state index in [0.29, 0.717) is 63.7 Å². The summed E-state index contributed by atoms with van der Waals surface area (Å²) in [6, 6.07) is 15.3. The van der Waals surface area contributed by atoms with Crippen molar-refractivity contribution in [2.24, 2.45) is 0 Å². The van der Waals surface area contributed by atoms with Gasteiger partial charge in [0.05, 0.1) is 39.6 Å². The molecule has 0 saturated carbocycles. The number of hydrogen-bond donors (Lipinski definition) is 0. The lowest BCUT2D eigenvalue weighted by atomic mass is 9.82. The van der Waals surface area contributed by atoms with Crippen molar-refractivity contribution in [1.82, 2.24) is 0 Å². The monoisotopic (exact) mass is 522 g/mol. The van der Waals surface area contributed by atoms with E-state index in [9.17, 15) is 0 Å². The van der Waals surface area contributed by atoms with Gasteiger partial charge in [0.1, 0.15) is 36.9 Å². The predicted octanol–water partition coefficient (Wildman–Crippen LogP) is 6.14. The van der Waals surface area contributed by atoms with E-state index in [1.807, 2.05) is 0 Å². The molecule has 206 valence electrons. The minimum Gasteiger partial charge on any atom is -0.491 e. The van der Waals surface area contributed by atoms with Gasteiger partial charge in [-0.15, -0.1) is 0 Å². The maximum atomic E-state index is 6.13. The van der Waals surface area contributed by atoms with E-state index in [2.05, 4.69) is 62.4 Å². The van der Waals surface area contributed by atoms with Crippen LogP contribution in [0.4, 0.5) is 0 Å². The van der Waals surface area contributed by atoms with Crippen LogP contribution in [0.25, 0.3) is 5.57 Å². The molecule has 2 fully saturated rings. The average Bonchev–Trinajstić information content (AvgIpc) is 3.89. The van der Waals surface area contributed by atoms with Crippen molar-refractivity contribution in [2.75, 3.05) is 52.9 Å². The van der Waals surface area contributed by atoms with Crippen LogP contribution in [0.15, 0.2) is 48.5 Å². The zero-order valence-corrected chi connectivity index (χ0v) is 22.9. The van der Waals surface area contributed by atoms with Gasteiger partial charge in [-0.25, -0.2) is 0 Å². The van der Waals surface area contributed by atoms with E-state index >= 15 is 0 Å². The Morgan fingerprint density at radius 2 is 1.55 bits per heavy atom. The van der Waals surface area contributed by atoms with Gasteiger partial charge in [0.2, 0.25) is 0 Å². The fraction of sp³-hybridized carbons (Fsp3) is 0.562. The van der Waals surface area contributed by atoms with Crippen LogP contribution >= 0.6 is 0 Å². The predicted molar refractivity (Wildman–Crippen MR) is 148 cm³/mol. The molecule has 0 amide bonds. The van der Waals surface area contributed by atoms with Gasteiger partial charge >= 0.3 is 0 Å². The van der Waals surface area contributed by atoms with Crippen molar-refractivity contribution in [3.63, 3.8) is 0 Å².